The number of fused-ring (bicyclic) bond motifs is 1. The van der Waals surface area contributed by atoms with Gasteiger partial charge in [0.05, 0.1) is 17.4 Å². The van der Waals surface area contributed by atoms with Crippen molar-refractivity contribution in [2.45, 2.75) is 66.5 Å². The number of ether oxygens (including phenoxy) is 1. The molecule has 0 fully saturated rings. The number of nitrogens with one attached hydrogen (secondary N) is 1. The molecule has 2 N–H and O–H groups in total. The topological polar surface area (TPSA) is 99.6 Å². The molecule has 0 unspecified atom stereocenters. The van der Waals surface area contributed by atoms with Crippen molar-refractivity contribution in [1.82, 2.24) is 14.7 Å². The van der Waals surface area contributed by atoms with Crippen LogP contribution in [-0.4, -0.2) is 39.2 Å². The molecular weight excluding hydrogens is 488 g/mol. The maximum atomic E-state index is 13.0. The largest absolute Gasteiger partial charge is 0.490 e. The zero-order valence-electron chi connectivity index (χ0n) is 22.4. The summed E-state index contributed by atoms with van der Waals surface area (Å²) < 4.78 is 7.79. The molecule has 1 amide bonds. The molecule has 7 heteroatoms. The second-order valence-corrected chi connectivity index (χ2v) is 9.75. The van der Waals surface area contributed by atoms with Crippen LogP contribution in [0.15, 0.2) is 60.8 Å². The number of hydrogen-bond donors (Lipinski definition) is 2. The van der Waals surface area contributed by atoms with E-state index in [1.165, 1.54) is 5.56 Å². The van der Waals surface area contributed by atoms with Gasteiger partial charge in [-0.05, 0) is 75.4 Å². The van der Waals surface area contributed by atoms with Crippen molar-refractivity contribution in [3.8, 4) is 23.1 Å². The first-order valence-corrected chi connectivity index (χ1v) is 13.0. The average Bonchev–Trinajstić information content (AvgIpc) is 3.36. The lowest BCUT2D eigenvalue weighted by atomic mass is 10.0. The van der Waals surface area contributed by atoms with E-state index >= 15 is 0 Å². The van der Waals surface area contributed by atoms with E-state index in [1.807, 2.05) is 38.1 Å². The van der Waals surface area contributed by atoms with Gasteiger partial charge in [0.2, 0.25) is 0 Å². The normalized spacial score (nSPS) is 11.6. The Morgan fingerprint density at radius 1 is 1.15 bits per heavy atom. The van der Waals surface area contributed by atoms with Crippen molar-refractivity contribution in [1.29, 1.82) is 5.26 Å². The zero-order valence-corrected chi connectivity index (χ0v) is 22.4. The summed E-state index contributed by atoms with van der Waals surface area (Å²) in [4.78, 5) is 17.9. The number of aryl methyl sites for hydroxylation is 2. The number of carbonyl (C=O) groups excluding carboxylic acids is 1. The number of nitrogens with zero attached hydrogens (tertiary/aromatic N) is 3. The molecule has 39 heavy (non-hydrogen) atoms. The molecule has 0 aliphatic heterocycles. The molecule has 204 valence electrons. The maximum absolute atomic E-state index is 13.0. The van der Waals surface area contributed by atoms with Crippen LogP contribution in [0, 0.1) is 18.3 Å². The molecule has 1 atom stereocenters. The number of nitriles is 1. The van der Waals surface area contributed by atoms with Crippen LogP contribution < -0.4 is 10.1 Å². The van der Waals surface area contributed by atoms with Gasteiger partial charge in [0.25, 0.3) is 5.91 Å². The molecule has 0 saturated heterocycles. The fourth-order valence-corrected chi connectivity index (χ4v) is 4.53. The van der Waals surface area contributed by atoms with Crippen molar-refractivity contribution in [3.63, 3.8) is 0 Å². The van der Waals surface area contributed by atoms with E-state index in [4.69, 9.17) is 9.72 Å². The predicted octanol–water partition coefficient (Wildman–Crippen LogP) is 5.89. The van der Waals surface area contributed by atoms with Crippen LogP contribution in [0.5, 0.6) is 5.75 Å². The van der Waals surface area contributed by atoms with Gasteiger partial charge in [0.1, 0.15) is 17.5 Å². The van der Waals surface area contributed by atoms with Crippen molar-refractivity contribution in [2.75, 3.05) is 6.61 Å². The molecule has 4 aromatic rings. The molecule has 4 rings (SSSR count). The van der Waals surface area contributed by atoms with Gasteiger partial charge >= 0.3 is 0 Å². The number of aliphatic hydroxyl groups excluding tert-OH is 1. The number of carbonyl (C=O) groups is 1. The number of pyridine rings is 1. The van der Waals surface area contributed by atoms with Gasteiger partial charge in [-0.3, -0.25) is 4.79 Å². The summed E-state index contributed by atoms with van der Waals surface area (Å²) in [6.07, 6.45) is 3.90. The Bertz CT molecular complexity index is 1470. The van der Waals surface area contributed by atoms with Gasteiger partial charge in [0.15, 0.2) is 0 Å². The minimum absolute atomic E-state index is 0. The van der Waals surface area contributed by atoms with E-state index in [9.17, 15) is 15.2 Å². The van der Waals surface area contributed by atoms with Gasteiger partial charge in [-0.1, -0.05) is 44.7 Å². The highest BCUT2D eigenvalue weighted by Gasteiger charge is 2.17. The minimum atomic E-state index is -0.292. The smallest absolute Gasteiger partial charge is 0.251 e. The number of benzene rings is 2. The summed E-state index contributed by atoms with van der Waals surface area (Å²) in [5.74, 6) is 0.164. The number of aliphatic hydroxyl groups is 1. The second-order valence-electron chi connectivity index (χ2n) is 9.75. The van der Waals surface area contributed by atoms with Crippen molar-refractivity contribution >= 4 is 11.6 Å². The Morgan fingerprint density at radius 3 is 2.54 bits per heavy atom. The minimum Gasteiger partial charge on any atom is -0.490 e. The van der Waals surface area contributed by atoms with Crippen LogP contribution in [0.1, 0.15) is 67.4 Å². The van der Waals surface area contributed by atoms with Crippen molar-refractivity contribution in [3.05, 3.63) is 88.7 Å². The molecule has 0 aliphatic carbocycles. The summed E-state index contributed by atoms with van der Waals surface area (Å²) in [7, 11) is 0. The first-order chi connectivity index (χ1) is 18.3. The van der Waals surface area contributed by atoms with Gasteiger partial charge in [-0.15, -0.1) is 0 Å². The average molecular weight is 527 g/mol. The molecule has 0 aliphatic rings. The molecule has 0 bridgehead atoms. The molecule has 2 aromatic carbocycles. The molecule has 2 heterocycles. The van der Waals surface area contributed by atoms with Gasteiger partial charge in [-0.25, -0.2) is 4.98 Å². The second kappa shape index (κ2) is 13.1. The fourth-order valence-electron chi connectivity index (χ4n) is 4.53. The van der Waals surface area contributed by atoms with E-state index in [1.54, 1.807) is 18.2 Å². The lowest BCUT2D eigenvalue weighted by molar-refractivity contribution is 0.0930. The van der Waals surface area contributed by atoms with E-state index < -0.39 is 0 Å². The zero-order chi connectivity index (χ0) is 27.2. The summed E-state index contributed by atoms with van der Waals surface area (Å²) in [5, 5.41) is 22.1. The molecule has 7 nitrogen and oxygen atoms in total. The Kier molecular flexibility index (Phi) is 9.86. The van der Waals surface area contributed by atoms with Crippen LogP contribution in [0.2, 0.25) is 0 Å². The third-order valence-electron chi connectivity index (χ3n) is 6.55. The Balaban J connectivity index is 0.00000420. The Hall–Kier alpha value is -4.15. The lowest BCUT2D eigenvalue weighted by Crippen LogP contribution is -2.37. The van der Waals surface area contributed by atoms with Crippen LogP contribution in [-0.2, 0) is 12.8 Å². The van der Waals surface area contributed by atoms with E-state index in [2.05, 4.69) is 48.0 Å². The Labute approximate surface area is 231 Å². The fraction of sp³-hybridized carbons (Fsp3) is 0.344. The van der Waals surface area contributed by atoms with Crippen molar-refractivity contribution < 1.29 is 14.6 Å². The molecular formula is C32H38N4O3. The molecule has 2 aromatic heterocycles. The van der Waals surface area contributed by atoms with Crippen LogP contribution >= 0.6 is 0 Å². The number of amides is 1. The highest BCUT2D eigenvalue weighted by atomic mass is 16.5. The predicted molar refractivity (Wildman–Crippen MR) is 155 cm³/mol. The summed E-state index contributed by atoms with van der Waals surface area (Å²) in [6.45, 7) is 7.93. The number of rotatable bonds is 10. The van der Waals surface area contributed by atoms with E-state index in [-0.39, 0.29) is 32.1 Å². The van der Waals surface area contributed by atoms with Gasteiger partial charge in [-0.2, -0.15) is 5.26 Å². The first kappa shape index (κ1) is 29.4. The number of aromatic nitrogens is 2. The third-order valence-corrected chi connectivity index (χ3v) is 6.55. The van der Waals surface area contributed by atoms with E-state index in [0.717, 1.165) is 34.6 Å². The lowest BCUT2D eigenvalue weighted by Gasteiger charge is -2.19. The van der Waals surface area contributed by atoms with Gasteiger partial charge in [0, 0.05) is 35.7 Å². The van der Waals surface area contributed by atoms with Crippen LogP contribution in [0.3, 0.4) is 0 Å². The summed E-state index contributed by atoms with van der Waals surface area (Å²) >= 11 is 0. The molecule has 0 spiro atoms. The monoisotopic (exact) mass is 526 g/mol. The molecule has 0 radical (unpaired) electrons. The van der Waals surface area contributed by atoms with Crippen LogP contribution in [0.25, 0.3) is 16.9 Å². The number of hydrogen-bond acceptors (Lipinski definition) is 5. The highest BCUT2D eigenvalue weighted by Crippen LogP contribution is 2.24. The summed E-state index contributed by atoms with van der Waals surface area (Å²) in [5.41, 5.74) is 7.01. The third kappa shape index (κ3) is 6.84. The van der Waals surface area contributed by atoms with E-state index in [0.29, 0.717) is 29.7 Å². The number of imidazole rings is 1. The van der Waals surface area contributed by atoms with Gasteiger partial charge < -0.3 is 19.6 Å². The highest BCUT2D eigenvalue weighted by molar-refractivity contribution is 5.95. The standard InChI is InChI=1S/C31H34N4O3.CH4/c1-5-23-9-6-21(4)35-19-28(34-30(23)35)24-10-7-22(8-11-24)16-27(14-15-36)33-31(37)25-12-13-29(38-20(2)3)26(17-25)18-32;/h6-13,17,19-20,27,36H,5,14-16H2,1-4H3,(H,33,37);1H4/t27-;/m1./s1. The summed E-state index contributed by atoms with van der Waals surface area (Å²) in [6, 6.07) is 19.1. The maximum Gasteiger partial charge on any atom is 0.251 e. The first-order valence-electron chi connectivity index (χ1n) is 13.0. The SMILES string of the molecule is C.CCc1ccc(C)n2cc(-c3ccc(C[C@@H](CCO)NC(=O)c4ccc(OC(C)C)c(C#N)c4)cc3)nc12. The van der Waals surface area contributed by atoms with Crippen molar-refractivity contribution in [2.24, 2.45) is 0 Å². The quantitative estimate of drug-likeness (QED) is 0.268. The Morgan fingerprint density at radius 2 is 1.90 bits per heavy atom. The van der Waals surface area contributed by atoms with Crippen LogP contribution in [0.4, 0.5) is 0 Å². The molecule has 0 saturated carbocycles.